The highest BCUT2D eigenvalue weighted by molar-refractivity contribution is 7.89. The minimum atomic E-state index is -3.82. The topological polar surface area (TPSA) is 117 Å². The van der Waals surface area contributed by atoms with Crippen molar-refractivity contribution in [2.24, 2.45) is 33.9 Å². The second kappa shape index (κ2) is 10.5. The first-order valence-electron chi connectivity index (χ1n) is 12.8. The van der Waals surface area contributed by atoms with Crippen LogP contribution in [-0.2, 0) is 20.0 Å². The Hall–Kier alpha value is -3.24. The molecule has 1 saturated carbocycles. The normalized spacial score (nSPS) is 24.8. The van der Waals surface area contributed by atoms with Gasteiger partial charge < -0.3 is 0 Å². The van der Waals surface area contributed by atoms with Crippen molar-refractivity contribution in [3.8, 4) is 0 Å². The second-order valence-electron chi connectivity index (χ2n) is 10.2. The van der Waals surface area contributed by atoms with Crippen LogP contribution in [0.25, 0.3) is 0 Å². The fraction of sp³-hybridized carbons (Fsp3) is 0.357. The monoisotopic (exact) mass is 552 g/mol. The number of nitrogens with zero attached hydrogens (tertiary/aromatic N) is 2. The summed E-state index contributed by atoms with van der Waals surface area (Å²) >= 11 is 0. The van der Waals surface area contributed by atoms with Gasteiger partial charge in [-0.05, 0) is 63.8 Å². The Morgan fingerprint density at radius 1 is 0.553 bits per heavy atom. The molecule has 2 N–H and O–H groups in total. The van der Waals surface area contributed by atoms with E-state index in [1.54, 1.807) is 48.5 Å². The zero-order valence-corrected chi connectivity index (χ0v) is 23.0. The zero-order chi connectivity index (χ0) is 26.9. The standard InChI is InChI=1S/C28H32N4O4S2/c1-19-11-15-21(16-12-19)37(33,34)31-29-27-23-7-3-5-9-25(23)28(26-10-6-4-8-24(26)27)30-32-38(35,36)22-17-13-20(2)14-18-22/h3-6,11-18,23-26,31-32H,7-10H2,1-2H3/t23-,24-,25+,26+. The van der Waals surface area contributed by atoms with Crippen LogP contribution in [0.2, 0.25) is 0 Å². The summed E-state index contributed by atoms with van der Waals surface area (Å²) in [5.74, 6) is -0.292. The summed E-state index contributed by atoms with van der Waals surface area (Å²) in [6, 6.07) is 13.3. The third-order valence-corrected chi connectivity index (χ3v) is 10.1. The van der Waals surface area contributed by atoms with Crippen molar-refractivity contribution in [3.05, 3.63) is 84.0 Å². The predicted octanol–water partition coefficient (Wildman–Crippen LogP) is 4.45. The van der Waals surface area contributed by atoms with Crippen LogP contribution in [0, 0.1) is 37.5 Å². The average molecular weight is 553 g/mol. The SMILES string of the molecule is Cc1ccc(S(=O)(=O)NN=C2[C@H]3CC=CC[C@H]3C(=NNS(=O)(=O)c3ccc(C)cc3)[C@@H]3CC=CC[C@H]23)cc1. The number of hydrazone groups is 2. The number of sulfonamides is 2. The molecule has 0 unspecified atom stereocenters. The van der Waals surface area contributed by atoms with Gasteiger partial charge in [0.25, 0.3) is 20.0 Å². The van der Waals surface area contributed by atoms with Crippen molar-refractivity contribution in [1.29, 1.82) is 0 Å². The van der Waals surface area contributed by atoms with Crippen LogP contribution in [0.1, 0.15) is 36.8 Å². The minimum absolute atomic E-state index is 0.0731. The van der Waals surface area contributed by atoms with Gasteiger partial charge in [-0.25, -0.2) is 9.66 Å². The maximum atomic E-state index is 13.0. The van der Waals surface area contributed by atoms with Gasteiger partial charge in [0.2, 0.25) is 0 Å². The molecule has 10 heteroatoms. The van der Waals surface area contributed by atoms with Crippen LogP contribution in [0.3, 0.4) is 0 Å². The van der Waals surface area contributed by atoms with Crippen molar-refractivity contribution in [3.63, 3.8) is 0 Å². The van der Waals surface area contributed by atoms with E-state index in [2.05, 4.69) is 44.2 Å². The van der Waals surface area contributed by atoms with E-state index in [0.29, 0.717) is 25.7 Å². The van der Waals surface area contributed by atoms with Crippen molar-refractivity contribution in [2.45, 2.75) is 49.3 Å². The number of benzene rings is 2. The molecule has 3 aliphatic rings. The number of aryl methyl sites for hydroxylation is 2. The molecule has 0 bridgehead atoms. The van der Waals surface area contributed by atoms with E-state index in [1.807, 2.05) is 13.8 Å². The van der Waals surface area contributed by atoms with Gasteiger partial charge in [0.15, 0.2) is 0 Å². The molecule has 8 nitrogen and oxygen atoms in total. The highest BCUT2D eigenvalue weighted by atomic mass is 32.2. The largest absolute Gasteiger partial charge is 0.276 e. The smallest absolute Gasteiger partial charge is 0.200 e. The van der Waals surface area contributed by atoms with E-state index in [-0.39, 0.29) is 33.5 Å². The maximum Gasteiger partial charge on any atom is 0.276 e. The molecule has 0 spiro atoms. The molecule has 3 aliphatic carbocycles. The maximum absolute atomic E-state index is 13.0. The molecule has 0 heterocycles. The molecule has 0 radical (unpaired) electrons. The molecule has 0 saturated heterocycles. The Labute approximate surface area is 224 Å². The number of nitrogens with one attached hydrogen (secondary N) is 2. The quantitative estimate of drug-likeness (QED) is 0.407. The summed E-state index contributed by atoms with van der Waals surface area (Å²) in [7, 11) is -7.65. The Morgan fingerprint density at radius 3 is 1.13 bits per heavy atom. The Morgan fingerprint density at radius 2 is 0.842 bits per heavy atom. The van der Waals surface area contributed by atoms with Crippen molar-refractivity contribution in [2.75, 3.05) is 0 Å². The summed E-state index contributed by atoms with van der Waals surface area (Å²) in [6.07, 6.45) is 11.1. The van der Waals surface area contributed by atoms with E-state index in [9.17, 15) is 16.8 Å². The molecule has 0 aliphatic heterocycles. The molecule has 38 heavy (non-hydrogen) atoms. The van der Waals surface area contributed by atoms with Gasteiger partial charge in [-0.1, -0.05) is 59.7 Å². The molecule has 1 fully saturated rings. The Bertz CT molecular complexity index is 1370. The third kappa shape index (κ3) is 5.33. The number of allylic oxidation sites excluding steroid dienone is 4. The molecule has 200 valence electrons. The van der Waals surface area contributed by atoms with Crippen LogP contribution in [-0.4, -0.2) is 28.3 Å². The lowest BCUT2D eigenvalue weighted by Crippen LogP contribution is -2.50. The molecule has 0 amide bonds. The molecule has 0 aromatic heterocycles. The first kappa shape index (κ1) is 26.4. The fourth-order valence-corrected chi connectivity index (χ4v) is 7.23. The summed E-state index contributed by atoms with van der Waals surface area (Å²) in [5, 5.41) is 9.08. The Kier molecular flexibility index (Phi) is 7.28. The van der Waals surface area contributed by atoms with Crippen LogP contribution in [0.4, 0.5) is 0 Å². The number of hydrogen-bond acceptors (Lipinski definition) is 6. The Balaban J connectivity index is 1.47. The fourth-order valence-electron chi connectivity index (χ4n) is 5.58. The van der Waals surface area contributed by atoms with Gasteiger partial charge in [0, 0.05) is 35.1 Å². The van der Waals surface area contributed by atoms with Gasteiger partial charge in [-0.15, -0.1) is 0 Å². The first-order chi connectivity index (χ1) is 18.2. The lowest BCUT2D eigenvalue weighted by Gasteiger charge is -2.45. The van der Waals surface area contributed by atoms with E-state index in [1.165, 1.54) is 0 Å². The molecule has 2 aromatic rings. The van der Waals surface area contributed by atoms with Crippen LogP contribution >= 0.6 is 0 Å². The minimum Gasteiger partial charge on any atom is -0.200 e. The third-order valence-electron chi connectivity index (χ3n) is 7.64. The molecular formula is C28H32N4O4S2. The lowest BCUT2D eigenvalue weighted by atomic mass is 9.60. The van der Waals surface area contributed by atoms with Gasteiger partial charge in [0.05, 0.1) is 9.79 Å². The van der Waals surface area contributed by atoms with Crippen LogP contribution < -0.4 is 9.66 Å². The van der Waals surface area contributed by atoms with Crippen molar-refractivity contribution in [1.82, 2.24) is 9.66 Å². The lowest BCUT2D eigenvalue weighted by molar-refractivity contribution is 0.381. The summed E-state index contributed by atoms with van der Waals surface area (Å²) < 4.78 is 52.0. The van der Waals surface area contributed by atoms with Crippen molar-refractivity contribution < 1.29 is 16.8 Å². The average Bonchev–Trinajstić information content (AvgIpc) is 2.91. The number of hydrogen-bond donors (Lipinski definition) is 2. The van der Waals surface area contributed by atoms with Crippen LogP contribution in [0.5, 0.6) is 0 Å². The molecule has 2 aromatic carbocycles. The molecule has 5 rings (SSSR count). The van der Waals surface area contributed by atoms with E-state index in [0.717, 1.165) is 22.6 Å². The number of rotatable bonds is 6. The van der Waals surface area contributed by atoms with Gasteiger partial charge in [-0.3, -0.25) is 0 Å². The highest BCUT2D eigenvalue weighted by Crippen LogP contribution is 2.44. The van der Waals surface area contributed by atoms with E-state index in [4.69, 9.17) is 0 Å². The van der Waals surface area contributed by atoms with Gasteiger partial charge in [0.1, 0.15) is 0 Å². The molecular weight excluding hydrogens is 520 g/mol. The second-order valence-corrected chi connectivity index (χ2v) is 13.5. The summed E-state index contributed by atoms with van der Waals surface area (Å²) in [6.45, 7) is 3.80. The van der Waals surface area contributed by atoms with E-state index >= 15 is 0 Å². The summed E-state index contributed by atoms with van der Waals surface area (Å²) in [4.78, 5) is 5.30. The van der Waals surface area contributed by atoms with E-state index < -0.39 is 20.0 Å². The predicted molar refractivity (Wildman–Crippen MR) is 149 cm³/mol. The molecule has 4 atom stereocenters. The highest BCUT2D eigenvalue weighted by Gasteiger charge is 2.47. The zero-order valence-electron chi connectivity index (χ0n) is 21.4. The van der Waals surface area contributed by atoms with Crippen molar-refractivity contribution >= 4 is 31.5 Å². The van der Waals surface area contributed by atoms with Gasteiger partial charge >= 0.3 is 0 Å². The first-order valence-corrected chi connectivity index (χ1v) is 15.7. The van der Waals surface area contributed by atoms with Crippen LogP contribution in [0.15, 0.2) is 92.8 Å². The number of fused-ring (bicyclic) bond motifs is 2. The van der Waals surface area contributed by atoms with Gasteiger partial charge in [-0.2, -0.15) is 27.0 Å². The summed E-state index contributed by atoms with van der Waals surface area (Å²) in [5.41, 5.74) is 3.57.